The molecule has 2 aliphatic heterocycles. The summed E-state index contributed by atoms with van der Waals surface area (Å²) >= 11 is 0. The molecule has 10 atom stereocenters. The molecule has 0 bridgehead atoms. The van der Waals surface area contributed by atoms with Gasteiger partial charge in [0.15, 0.2) is 17.8 Å². The second-order valence-corrected chi connectivity index (χ2v) is 7.94. The van der Waals surface area contributed by atoms with E-state index >= 15 is 0 Å². The van der Waals surface area contributed by atoms with Crippen LogP contribution in [-0.2, 0) is 20.6 Å². The maximum Gasteiger partial charge on any atom is 0.229 e. The van der Waals surface area contributed by atoms with E-state index in [1.165, 1.54) is 19.1 Å². The quantitative estimate of drug-likeness (QED) is 0.228. The lowest BCUT2D eigenvalue weighted by atomic mass is 9.98. The summed E-state index contributed by atoms with van der Waals surface area (Å²) in [5, 5.41) is 70.6. The highest BCUT2D eigenvalue weighted by molar-refractivity contribution is 5.42. The highest BCUT2D eigenvalue weighted by Gasteiger charge is 2.47. The van der Waals surface area contributed by atoms with Crippen LogP contribution in [0.3, 0.4) is 0 Å². The van der Waals surface area contributed by atoms with E-state index in [2.05, 4.69) is 6.58 Å². The minimum Gasteiger partial charge on any atom is -0.504 e. The van der Waals surface area contributed by atoms with Crippen LogP contribution in [0.5, 0.6) is 11.5 Å². The maximum atomic E-state index is 10.3. The molecule has 11 nitrogen and oxygen atoms in total. The zero-order valence-corrected chi connectivity index (χ0v) is 17.5. The van der Waals surface area contributed by atoms with Gasteiger partial charge < -0.3 is 54.7 Å². The molecule has 2 fully saturated rings. The summed E-state index contributed by atoms with van der Waals surface area (Å²) in [6.07, 6.45) is -11.9. The molecule has 0 amide bonds. The van der Waals surface area contributed by atoms with Crippen molar-refractivity contribution in [3.8, 4) is 11.5 Å². The van der Waals surface area contributed by atoms with Crippen molar-refractivity contribution in [1.82, 2.24) is 0 Å². The molecule has 0 aromatic heterocycles. The fraction of sp³-hybridized carbons (Fsp3) is 0.619. The Morgan fingerprint density at radius 3 is 2.22 bits per heavy atom. The number of benzene rings is 1. The van der Waals surface area contributed by atoms with Crippen molar-refractivity contribution < 1.29 is 54.7 Å². The Balaban J connectivity index is 1.66. The Labute approximate surface area is 184 Å². The first-order chi connectivity index (χ1) is 15.1. The lowest BCUT2D eigenvalue weighted by Crippen LogP contribution is -2.61. The van der Waals surface area contributed by atoms with Crippen LogP contribution in [0.25, 0.3) is 0 Å². The number of hydrogen-bond donors (Lipinski definition) is 7. The van der Waals surface area contributed by atoms with Crippen molar-refractivity contribution in [2.45, 2.75) is 74.8 Å². The molecule has 0 aliphatic carbocycles. The Morgan fingerprint density at radius 1 is 0.906 bits per heavy atom. The Morgan fingerprint density at radius 2 is 1.56 bits per heavy atom. The van der Waals surface area contributed by atoms with E-state index in [-0.39, 0.29) is 11.5 Å². The number of allylic oxidation sites excluding steroid dienone is 1. The van der Waals surface area contributed by atoms with Gasteiger partial charge in [-0.05, 0) is 31.0 Å². The summed E-state index contributed by atoms with van der Waals surface area (Å²) in [4.78, 5) is 0. The molecular formula is C21H30O11. The van der Waals surface area contributed by atoms with E-state index < -0.39 is 68.0 Å². The molecule has 0 saturated carbocycles. The largest absolute Gasteiger partial charge is 0.504 e. The summed E-state index contributed by atoms with van der Waals surface area (Å²) in [7, 11) is 0. The van der Waals surface area contributed by atoms with Gasteiger partial charge in [-0.25, -0.2) is 0 Å². The number of ether oxygens (including phenoxy) is 4. The highest BCUT2D eigenvalue weighted by atomic mass is 16.7. The van der Waals surface area contributed by atoms with Crippen LogP contribution in [0.2, 0.25) is 0 Å². The first-order valence-electron chi connectivity index (χ1n) is 10.2. The van der Waals surface area contributed by atoms with Crippen LogP contribution < -0.4 is 4.74 Å². The number of aliphatic hydroxyl groups is 6. The van der Waals surface area contributed by atoms with Crippen molar-refractivity contribution in [3.05, 3.63) is 36.4 Å². The van der Waals surface area contributed by atoms with Crippen LogP contribution in [-0.4, -0.2) is 104 Å². The van der Waals surface area contributed by atoms with Gasteiger partial charge in [0.25, 0.3) is 0 Å². The van der Waals surface area contributed by atoms with Gasteiger partial charge in [0.2, 0.25) is 6.29 Å². The fourth-order valence-corrected chi connectivity index (χ4v) is 3.57. The predicted molar refractivity (Wildman–Crippen MR) is 108 cm³/mol. The van der Waals surface area contributed by atoms with Crippen molar-refractivity contribution in [3.63, 3.8) is 0 Å². The van der Waals surface area contributed by atoms with Gasteiger partial charge in [-0.2, -0.15) is 0 Å². The number of rotatable bonds is 7. The van der Waals surface area contributed by atoms with Gasteiger partial charge in [0.1, 0.15) is 42.7 Å². The third-order valence-corrected chi connectivity index (χ3v) is 5.55. The first kappa shape index (κ1) is 24.8. The van der Waals surface area contributed by atoms with Crippen LogP contribution in [0.4, 0.5) is 0 Å². The summed E-state index contributed by atoms with van der Waals surface area (Å²) in [5.74, 6) is -0.226. The van der Waals surface area contributed by atoms with Gasteiger partial charge in [0, 0.05) is 0 Å². The van der Waals surface area contributed by atoms with E-state index in [1.54, 1.807) is 12.1 Å². The second kappa shape index (κ2) is 10.4. The molecule has 0 spiro atoms. The second-order valence-electron chi connectivity index (χ2n) is 7.94. The smallest absolute Gasteiger partial charge is 0.229 e. The van der Waals surface area contributed by atoms with Gasteiger partial charge >= 0.3 is 0 Å². The zero-order valence-electron chi connectivity index (χ0n) is 17.5. The third kappa shape index (κ3) is 5.22. The molecule has 3 rings (SSSR count). The zero-order chi connectivity index (χ0) is 23.6. The lowest BCUT2D eigenvalue weighted by molar-refractivity contribution is -0.318. The van der Waals surface area contributed by atoms with E-state index in [4.69, 9.17) is 18.9 Å². The van der Waals surface area contributed by atoms with E-state index in [0.29, 0.717) is 6.42 Å². The molecule has 11 heteroatoms. The van der Waals surface area contributed by atoms with Gasteiger partial charge in [-0.3, -0.25) is 0 Å². The third-order valence-electron chi connectivity index (χ3n) is 5.55. The average molecular weight is 458 g/mol. The SMILES string of the molecule is C=CCc1ccc(O[C@H]2O[C@H](CO[C@H]3O[C@@H](C)[C@H](O)[C@@H](O)[C@H]3O)[C@@H](O)[C@H](O)[C@H]2O)c(O)c1. The number of phenolic OH excluding ortho intramolecular Hbond substituents is 1. The van der Waals surface area contributed by atoms with Crippen molar-refractivity contribution in [1.29, 1.82) is 0 Å². The molecule has 0 unspecified atom stereocenters. The van der Waals surface area contributed by atoms with Gasteiger partial charge in [-0.1, -0.05) is 12.1 Å². The summed E-state index contributed by atoms with van der Waals surface area (Å²) in [5.41, 5.74) is 0.782. The molecule has 180 valence electrons. The average Bonchev–Trinajstić information content (AvgIpc) is 2.76. The summed E-state index contributed by atoms with van der Waals surface area (Å²) in [6, 6.07) is 4.61. The fourth-order valence-electron chi connectivity index (χ4n) is 3.57. The molecule has 0 radical (unpaired) electrons. The number of aliphatic hydroxyl groups excluding tert-OH is 6. The summed E-state index contributed by atoms with van der Waals surface area (Å²) < 4.78 is 21.8. The Bertz CT molecular complexity index is 774. The van der Waals surface area contributed by atoms with Gasteiger partial charge in [-0.15, -0.1) is 6.58 Å². The molecular weight excluding hydrogens is 428 g/mol. The number of aromatic hydroxyl groups is 1. The monoisotopic (exact) mass is 458 g/mol. The van der Waals surface area contributed by atoms with Crippen LogP contribution in [0.1, 0.15) is 12.5 Å². The number of phenols is 1. The Kier molecular flexibility index (Phi) is 8.09. The first-order valence-corrected chi connectivity index (χ1v) is 10.2. The van der Waals surface area contributed by atoms with Crippen LogP contribution in [0.15, 0.2) is 30.9 Å². The molecule has 2 saturated heterocycles. The molecule has 1 aromatic carbocycles. The van der Waals surface area contributed by atoms with Crippen molar-refractivity contribution in [2.75, 3.05) is 6.61 Å². The normalized spacial score (nSPS) is 40.1. The Hall–Kier alpha value is -1.80. The van der Waals surface area contributed by atoms with Crippen molar-refractivity contribution >= 4 is 0 Å². The van der Waals surface area contributed by atoms with Crippen LogP contribution in [0, 0.1) is 0 Å². The lowest BCUT2D eigenvalue weighted by Gasteiger charge is -2.42. The highest BCUT2D eigenvalue weighted by Crippen LogP contribution is 2.32. The van der Waals surface area contributed by atoms with Crippen molar-refractivity contribution in [2.24, 2.45) is 0 Å². The molecule has 1 aromatic rings. The number of hydrogen-bond acceptors (Lipinski definition) is 11. The van der Waals surface area contributed by atoms with E-state index in [1.807, 2.05) is 0 Å². The van der Waals surface area contributed by atoms with E-state index in [9.17, 15) is 35.7 Å². The molecule has 32 heavy (non-hydrogen) atoms. The molecule has 7 N–H and O–H groups in total. The summed E-state index contributed by atoms with van der Waals surface area (Å²) in [6.45, 7) is 4.70. The van der Waals surface area contributed by atoms with Crippen LogP contribution >= 0.6 is 0 Å². The maximum absolute atomic E-state index is 10.3. The predicted octanol–water partition coefficient (Wildman–Crippen LogP) is -1.85. The standard InChI is InChI=1S/C21H30O11/c1-3-4-10-5-6-12(11(22)7-10)31-21-19(28)17(26)15(24)13(32-21)8-29-20-18(27)16(25)14(23)9(2)30-20/h3,5-7,9,13-28H,1,4,8H2,2H3/t9-,13+,14-,15+,16+,17-,18+,19+,20-,21-/m0/s1. The van der Waals surface area contributed by atoms with E-state index in [0.717, 1.165) is 5.56 Å². The topological polar surface area (TPSA) is 179 Å². The van der Waals surface area contributed by atoms with Gasteiger partial charge in [0.05, 0.1) is 12.7 Å². The molecule has 2 heterocycles. The minimum atomic E-state index is -1.66. The minimum absolute atomic E-state index is 0.0120. The molecule has 2 aliphatic rings.